The molecule has 238 valence electrons. The van der Waals surface area contributed by atoms with E-state index < -0.39 is 18.1 Å². The van der Waals surface area contributed by atoms with E-state index in [2.05, 4.69) is 27.7 Å². The Labute approximate surface area is 263 Å². The van der Waals surface area contributed by atoms with Crippen LogP contribution in [0.5, 0.6) is 5.88 Å². The Kier molecular flexibility index (Phi) is 10.1. The minimum atomic E-state index is -0.787. The number of amides is 2. The van der Waals surface area contributed by atoms with Gasteiger partial charge in [0.05, 0.1) is 34.8 Å². The Bertz CT molecular complexity index is 1410. The number of aryl methyl sites for hydroxylation is 1. The molecule has 0 radical (unpaired) electrons. The van der Waals surface area contributed by atoms with Crippen molar-refractivity contribution >= 4 is 23.2 Å². The van der Waals surface area contributed by atoms with Gasteiger partial charge in [-0.1, -0.05) is 45.0 Å². The van der Waals surface area contributed by atoms with Crippen LogP contribution in [0.4, 0.5) is 0 Å². The van der Waals surface area contributed by atoms with E-state index >= 15 is 0 Å². The van der Waals surface area contributed by atoms with Crippen LogP contribution < -0.4 is 15.4 Å². The number of carbonyl (C=O) groups is 2. The zero-order valence-electron chi connectivity index (χ0n) is 26.3. The number of likely N-dealkylation sites (tertiary alicyclic amines) is 1. The van der Waals surface area contributed by atoms with Gasteiger partial charge in [-0.25, -0.2) is 4.98 Å². The van der Waals surface area contributed by atoms with Gasteiger partial charge >= 0.3 is 0 Å². The molecule has 0 saturated carbocycles. The first-order valence-electron chi connectivity index (χ1n) is 15.6. The van der Waals surface area contributed by atoms with Crippen molar-refractivity contribution in [3.05, 3.63) is 52.9 Å². The molecule has 0 spiro atoms. The van der Waals surface area contributed by atoms with E-state index in [9.17, 15) is 14.7 Å². The molecule has 4 heterocycles. The van der Waals surface area contributed by atoms with E-state index in [1.165, 1.54) is 4.90 Å². The summed E-state index contributed by atoms with van der Waals surface area (Å²) < 4.78 is 11.6. The maximum atomic E-state index is 13.9. The van der Waals surface area contributed by atoms with Gasteiger partial charge in [0.25, 0.3) is 5.88 Å². The zero-order chi connectivity index (χ0) is 31.4. The number of rotatable bonds is 11. The second kappa shape index (κ2) is 13.8. The molecule has 5 rings (SSSR count). The van der Waals surface area contributed by atoms with Gasteiger partial charge in [0.2, 0.25) is 11.8 Å². The number of piperidine rings is 1. The third kappa shape index (κ3) is 7.33. The molecular formula is C33H45N5O5S. The molecule has 4 atom stereocenters. The second-order valence-corrected chi connectivity index (χ2v) is 13.8. The molecule has 0 bridgehead atoms. The van der Waals surface area contributed by atoms with Crippen LogP contribution >= 0.6 is 11.3 Å². The van der Waals surface area contributed by atoms with Crippen molar-refractivity contribution in [2.24, 2.45) is 11.3 Å². The summed E-state index contributed by atoms with van der Waals surface area (Å²) in [5, 5.41) is 21.1. The number of β-amino-alcohol motifs (C(OH)–C–C–N with tert-alkyl or cyclic N) is 1. The van der Waals surface area contributed by atoms with Crippen LogP contribution in [0.2, 0.25) is 0 Å². The summed E-state index contributed by atoms with van der Waals surface area (Å²) in [6.45, 7) is 12.7. The van der Waals surface area contributed by atoms with Crippen molar-refractivity contribution in [2.45, 2.75) is 84.4 Å². The van der Waals surface area contributed by atoms with Gasteiger partial charge in [-0.05, 0) is 73.8 Å². The number of aliphatic hydroxyl groups is 1. The van der Waals surface area contributed by atoms with Crippen molar-refractivity contribution in [3.8, 4) is 16.3 Å². The van der Waals surface area contributed by atoms with E-state index in [1.54, 1.807) is 17.4 Å². The van der Waals surface area contributed by atoms with Gasteiger partial charge < -0.3 is 29.9 Å². The van der Waals surface area contributed by atoms with Crippen LogP contribution in [0.25, 0.3) is 10.4 Å². The number of aliphatic hydroxyl groups excluding tert-OH is 1. The average molecular weight is 624 g/mol. The van der Waals surface area contributed by atoms with Gasteiger partial charge in [-0.15, -0.1) is 11.3 Å². The lowest BCUT2D eigenvalue weighted by molar-refractivity contribution is -0.141. The summed E-state index contributed by atoms with van der Waals surface area (Å²) in [6.07, 6.45) is 2.53. The van der Waals surface area contributed by atoms with Crippen LogP contribution in [-0.2, 0) is 9.59 Å². The Morgan fingerprint density at radius 3 is 2.61 bits per heavy atom. The lowest BCUT2D eigenvalue weighted by Gasteiger charge is -2.33. The van der Waals surface area contributed by atoms with Gasteiger partial charge in [-0.3, -0.25) is 9.59 Å². The molecule has 2 aromatic heterocycles. The third-order valence-electron chi connectivity index (χ3n) is 9.15. The highest BCUT2D eigenvalue weighted by Gasteiger charge is 2.43. The maximum Gasteiger partial charge on any atom is 0.254 e. The van der Waals surface area contributed by atoms with Crippen LogP contribution in [0.15, 0.2) is 40.4 Å². The molecule has 2 aliphatic heterocycles. The summed E-state index contributed by atoms with van der Waals surface area (Å²) >= 11 is 1.60. The number of aromatic nitrogens is 2. The number of thiazole rings is 1. The predicted molar refractivity (Wildman–Crippen MR) is 169 cm³/mol. The smallest absolute Gasteiger partial charge is 0.254 e. The molecule has 11 heteroatoms. The van der Waals surface area contributed by atoms with Crippen molar-refractivity contribution in [1.82, 2.24) is 25.7 Å². The molecule has 2 fully saturated rings. The zero-order valence-corrected chi connectivity index (χ0v) is 27.2. The van der Waals surface area contributed by atoms with E-state index in [-0.39, 0.29) is 42.2 Å². The number of carbonyl (C=O) groups excluding carboxylic acids is 2. The van der Waals surface area contributed by atoms with Gasteiger partial charge in [0, 0.05) is 19.0 Å². The summed E-state index contributed by atoms with van der Waals surface area (Å²) in [4.78, 5) is 34.4. The van der Waals surface area contributed by atoms with E-state index in [0.29, 0.717) is 18.2 Å². The molecule has 2 aliphatic rings. The first-order valence-corrected chi connectivity index (χ1v) is 16.5. The molecule has 2 amide bonds. The minimum Gasteiger partial charge on any atom is -0.475 e. The monoisotopic (exact) mass is 623 g/mol. The standard InChI is InChI=1S/C33H45N5O5S/c1-20(2)29(27-17-28(37-43-27)42-15-12-33(5)10-13-34-14-11-33)32(41)38-18-25(39)16-26(38)31(40)36-21(3)23-6-8-24(9-7-23)30-22(4)35-19-44-30/h6-9,17,19-21,25-26,29,34,39H,10-16,18H2,1-5H3,(H,36,40)/t21-,25+,26-,29-/m0/s1. The number of ether oxygens (including phenoxy) is 1. The SMILES string of the molecule is Cc1ncsc1-c1ccc([C@H](C)NC(=O)[C@@H]2C[C@@H](O)CN2C(=O)[C@H](c2cc(OCCC3(C)CCNCC3)no2)C(C)C)cc1. The third-order valence-corrected chi connectivity index (χ3v) is 10.1. The highest BCUT2D eigenvalue weighted by atomic mass is 32.1. The predicted octanol–water partition coefficient (Wildman–Crippen LogP) is 4.84. The highest BCUT2D eigenvalue weighted by molar-refractivity contribution is 7.13. The average Bonchev–Trinajstić information content (AvgIpc) is 3.73. The molecule has 1 aromatic carbocycles. The maximum absolute atomic E-state index is 13.9. The summed E-state index contributed by atoms with van der Waals surface area (Å²) in [7, 11) is 0. The quantitative estimate of drug-likeness (QED) is 0.277. The fourth-order valence-corrected chi connectivity index (χ4v) is 7.10. The van der Waals surface area contributed by atoms with E-state index in [0.717, 1.165) is 54.0 Å². The van der Waals surface area contributed by atoms with Crippen LogP contribution in [0.3, 0.4) is 0 Å². The molecular weight excluding hydrogens is 578 g/mol. The van der Waals surface area contributed by atoms with Crippen molar-refractivity contribution in [1.29, 1.82) is 0 Å². The molecule has 10 nitrogen and oxygen atoms in total. The van der Waals surface area contributed by atoms with Crippen molar-refractivity contribution < 1.29 is 24.0 Å². The van der Waals surface area contributed by atoms with Gasteiger partial charge in [-0.2, -0.15) is 0 Å². The van der Waals surface area contributed by atoms with Crippen LogP contribution in [-0.4, -0.2) is 70.3 Å². The number of nitrogens with one attached hydrogen (secondary N) is 2. The Balaban J connectivity index is 1.22. The van der Waals surface area contributed by atoms with Gasteiger partial charge in [0.1, 0.15) is 12.0 Å². The van der Waals surface area contributed by atoms with Crippen molar-refractivity contribution in [3.63, 3.8) is 0 Å². The number of nitrogens with zero attached hydrogens (tertiary/aromatic N) is 3. The van der Waals surface area contributed by atoms with Gasteiger partial charge in [0.15, 0.2) is 5.76 Å². The minimum absolute atomic E-state index is 0.0857. The van der Waals surface area contributed by atoms with E-state index in [1.807, 2.05) is 57.5 Å². The van der Waals surface area contributed by atoms with E-state index in [4.69, 9.17) is 9.26 Å². The normalized spacial score (nSPS) is 21.3. The number of benzene rings is 1. The summed E-state index contributed by atoms with van der Waals surface area (Å²) in [5.74, 6) is -0.588. The van der Waals surface area contributed by atoms with Crippen molar-refractivity contribution in [2.75, 3.05) is 26.2 Å². The largest absolute Gasteiger partial charge is 0.475 e. The lowest BCUT2D eigenvalue weighted by atomic mass is 9.78. The first kappa shape index (κ1) is 32.1. The second-order valence-electron chi connectivity index (χ2n) is 13.0. The molecule has 0 aliphatic carbocycles. The molecule has 2 saturated heterocycles. The molecule has 0 unspecified atom stereocenters. The lowest BCUT2D eigenvalue weighted by Crippen LogP contribution is -2.48. The summed E-state index contributed by atoms with van der Waals surface area (Å²) in [5.41, 5.74) is 5.09. The fourth-order valence-electron chi connectivity index (χ4n) is 6.28. The highest BCUT2D eigenvalue weighted by Crippen LogP contribution is 2.34. The Hall–Kier alpha value is -3.28. The molecule has 3 aromatic rings. The van der Waals surface area contributed by atoms with Crippen LogP contribution in [0.1, 0.15) is 82.4 Å². The number of hydrogen-bond acceptors (Lipinski definition) is 9. The molecule has 44 heavy (non-hydrogen) atoms. The Morgan fingerprint density at radius 2 is 1.95 bits per heavy atom. The topological polar surface area (TPSA) is 130 Å². The molecule has 3 N–H and O–H groups in total. The number of hydrogen-bond donors (Lipinski definition) is 3. The fraction of sp³-hybridized carbons (Fsp3) is 0.576. The summed E-state index contributed by atoms with van der Waals surface area (Å²) in [6, 6.07) is 8.68. The van der Waals surface area contributed by atoms with Crippen LogP contribution in [0, 0.1) is 18.3 Å². The Morgan fingerprint density at radius 1 is 1.23 bits per heavy atom. The first-order chi connectivity index (χ1) is 21.0.